The normalized spacial score (nSPS) is 30.8. The van der Waals surface area contributed by atoms with E-state index in [0.29, 0.717) is 0 Å². The molecule has 2 saturated heterocycles. The van der Waals surface area contributed by atoms with Crippen molar-refractivity contribution in [2.75, 3.05) is 19.1 Å². The van der Waals surface area contributed by atoms with Gasteiger partial charge < -0.3 is 14.6 Å². The minimum atomic E-state index is -2.83. The number of fused-ring (bicyclic) bond motifs is 4. The molecule has 0 aromatic heterocycles. The second-order valence-corrected chi connectivity index (χ2v) is 12.2. The van der Waals surface area contributed by atoms with Gasteiger partial charge in [-0.25, -0.2) is 26.9 Å². The highest BCUT2D eigenvalue weighted by molar-refractivity contribution is 6.58. The number of ether oxygens (including phenoxy) is 2. The fraction of sp³-hybridized carbons (Fsp3) is 0.357. The van der Waals surface area contributed by atoms with Crippen LogP contribution in [0.3, 0.4) is 0 Å². The van der Waals surface area contributed by atoms with E-state index in [1.165, 1.54) is 6.08 Å². The standard InChI is InChI=1S/C28H19Cl2F5N2O8/c1-44-12-5-8(38)6-13(45-2)15(12)16-9-3-4-10-14(24(40)37(43)23(10)39)11(9)7-27(29)25(41)36(26(42)28(16,27)30)22-20(34)18(32)17(31)19(33)21(22)35/h3,5-6,10-11,14,16,38,43H,4,7H2,1-2H3/t10-,11+,14-,16+,27+,28-/m0/s1. The first-order chi connectivity index (χ1) is 21.1. The largest absolute Gasteiger partial charge is 0.508 e. The number of amides is 4. The summed E-state index contributed by atoms with van der Waals surface area (Å²) in [6.07, 6.45) is 0.489. The van der Waals surface area contributed by atoms with Crippen molar-refractivity contribution in [3.8, 4) is 17.2 Å². The molecule has 45 heavy (non-hydrogen) atoms. The number of phenolic OH excluding ortho intramolecular Hbond substituents is 1. The van der Waals surface area contributed by atoms with Crippen LogP contribution in [0.1, 0.15) is 24.3 Å². The first kappa shape index (κ1) is 31.0. The molecule has 0 radical (unpaired) electrons. The van der Waals surface area contributed by atoms with Crippen LogP contribution in [0.25, 0.3) is 0 Å². The number of hydrogen-bond acceptors (Lipinski definition) is 8. The summed E-state index contributed by atoms with van der Waals surface area (Å²) >= 11 is 14.0. The topological polar surface area (TPSA) is 134 Å². The van der Waals surface area contributed by atoms with Gasteiger partial charge in [-0.15, -0.1) is 23.2 Å². The molecule has 6 rings (SSSR count). The van der Waals surface area contributed by atoms with Crippen LogP contribution in [0.4, 0.5) is 27.6 Å². The van der Waals surface area contributed by atoms with Gasteiger partial charge in [-0.1, -0.05) is 11.6 Å². The number of alkyl halides is 2. The molecule has 2 aliphatic carbocycles. The Morgan fingerprint density at radius 1 is 0.844 bits per heavy atom. The van der Waals surface area contributed by atoms with Crippen LogP contribution in [0.5, 0.6) is 17.2 Å². The summed E-state index contributed by atoms with van der Waals surface area (Å²) in [7, 11) is 2.31. The highest BCUT2D eigenvalue weighted by Crippen LogP contribution is 2.67. The van der Waals surface area contributed by atoms with Gasteiger partial charge in [0.25, 0.3) is 23.6 Å². The van der Waals surface area contributed by atoms with Gasteiger partial charge in [-0.3, -0.25) is 24.4 Å². The Hall–Kier alpha value is -3.95. The Kier molecular flexibility index (Phi) is 6.92. The summed E-state index contributed by atoms with van der Waals surface area (Å²) < 4.78 is 83.6. The number of nitrogens with zero attached hydrogens (tertiary/aromatic N) is 2. The predicted octanol–water partition coefficient (Wildman–Crippen LogP) is 4.06. The highest BCUT2D eigenvalue weighted by atomic mass is 35.5. The molecule has 3 fully saturated rings. The maximum Gasteiger partial charge on any atom is 0.258 e. The zero-order valence-corrected chi connectivity index (χ0v) is 24.4. The first-order valence-electron chi connectivity index (χ1n) is 13.1. The predicted molar refractivity (Wildman–Crippen MR) is 141 cm³/mol. The van der Waals surface area contributed by atoms with E-state index in [4.69, 9.17) is 32.7 Å². The van der Waals surface area contributed by atoms with E-state index >= 15 is 8.78 Å². The molecule has 2 aromatic rings. The van der Waals surface area contributed by atoms with Crippen molar-refractivity contribution < 1.29 is 60.9 Å². The Bertz CT molecular complexity index is 1740. The molecule has 4 aliphatic rings. The molecule has 0 bridgehead atoms. The van der Waals surface area contributed by atoms with Crippen molar-refractivity contribution >= 4 is 52.5 Å². The molecular weight excluding hydrogens is 658 g/mol. The molecule has 4 amide bonds. The number of aromatic hydroxyl groups is 1. The summed E-state index contributed by atoms with van der Waals surface area (Å²) in [5.41, 5.74) is -1.98. The van der Waals surface area contributed by atoms with E-state index < -0.39 is 104 Å². The maximum atomic E-state index is 15.1. The summed E-state index contributed by atoms with van der Waals surface area (Å²) in [6.45, 7) is 0. The van der Waals surface area contributed by atoms with Crippen molar-refractivity contribution in [2.24, 2.45) is 17.8 Å². The van der Waals surface area contributed by atoms with Crippen molar-refractivity contribution in [3.63, 3.8) is 0 Å². The quantitative estimate of drug-likeness (QED) is 0.0943. The Morgan fingerprint density at radius 2 is 1.38 bits per heavy atom. The minimum Gasteiger partial charge on any atom is -0.508 e. The van der Waals surface area contributed by atoms with Crippen molar-refractivity contribution in [1.29, 1.82) is 0 Å². The third-order valence-electron chi connectivity index (χ3n) is 9.02. The highest BCUT2D eigenvalue weighted by Gasteiger charge is 2.77. The lowest BCUT2D eigenvalue weighted by Crippen LogP contribution is -2.60. The molecular formula is C28H19Cl2F5N2O8. The molecule has 2 aliphatic heterocycles. The zero-order chi connectivity index (χ0) is 33.1. The van der Waals surface area contributed by atoms with Gasteiger partial charge in [0.15, 0.2) is 33.0 Å². The molecule has 10 nitrogen and oxygen atoms in total. The fourth-order valence-electron chi connectivity index (χ4n) is 7.08. The van der Waals surface area contributed by atoms with Crippen LogP contribution in [0.15, 0.2) is 23.8 Å². The van der Waals surface area contributed by atoms with E-state index in [-0.39, 0.29) is 39.0 Å². The molecule has 2 heterocycles. The number of hydroxylamine groups is 2. The van der Waals surface area contributed by atoms with E-state index in [2.05, 4.69) is 0 Å². The number of methoxy groups -OCH3 is 2. The summed E-state index contributed by atoms with van der Waals surface area (Å²) in [4.78, 5) is 48.3. The zero-order valence-electron chi connectivity index (χ0n) is 22.8. The number of hydrogen-bond donors (Lipinski definition) is 2. The number of carbonyl (C=O) groups is 4. The average molecular weight is 677 g/mol. The SMILES string of the molecule is COc1cc(O)cc(OC)c1[C@H]1C2=CC[C@@H]3C(=O)N(O)C(=O)[C@@H]3[C@@H]2C[C@@]2(Cl)C(=O)N(c3c(F)c(F)c(F)c(F)c3F)C(=O)[C@@]12Cl. The van der Waals surface area contributed by atoms with Crippen molar-refractivity contribution in [1.82, 2.24) is 5.06 Å². The fourth-order valence-corrected chi connectivity index (χ4v) is 8.00. The Labute approximate surface area is 259 Å². The molecule has 2 aromatic carbocycles. The smallest absolute Gasteiger partial charge is 0.258 e. The van der Waals surface area contributed by atoms with Gasteiger partial charge in [0.1, 0.15) is 22.9 Å². The lowest BCUT2D eigenvalue weighted by Gasteiger charge is -2.51. The number of imide groups is 2. The van der Waals surface area contributed by atoms with Gasteiger partial charge >= 0.3 is 0 Å². The molecule has 17 heteroatoms. The molecule has 238 valence electrons. The third kappa shape index (κ3) is 3.71. The van der Waals surface area contributed by atoms with Gasteiger partial charge in [0.2, 0.25) is 5.82 Å². The van der Waals surface area contributed by atoms with Crippen LogP contribution in [-0.2, 0) is 19.2 Å². The Morgan fingerprint density at radius 3 is 1.91 bits per heavy atom. The van der Waals surface area contributed by atoms with Crippen LogP contribution >= 0.6 is 23.2 Å². The monoisotopic (exact) mass is 676 g/mol. The molecule has 1 saturated carbocycles. The van der Waals surface area contributed by atoms with Crippen LogP contribution < -0.4 is 14.4 Å². The van der Waals surface area contributed by atoms with E-state index in [0.717, 1.165) is 26.4 Å². The number of phenols is 1. The van der Waals surface area contributed by atoms with Crippen molar-refractivity contribution in [2.45, 2.75) is 28.5 Å². The van der Waals surface area contributed by atoms with E-state index in [1.54, 1.807) is 0 Å². The number of anilines is 1. The van der Waals surface area contributed by atoms with E-state index in [9.17, 15) is 42.7 Å². The molecule has 0 unspecified atom stereocenters. The molecule has 2 N–H and O–H groups in total. The molecule has 6 atom stereocenters. The third-order valence-corrected chi connectivity index (χ3v) is 10.4. The first-order valence-corrected chi connectivity index (χ1v) is 13.8. The number of rotatable bonds is 4. The summed E-state index contributed by atoms with van der Waals surface area (Å²) in [6, 6.07) is 2.15. The van der Waals surface area contributed by atoms with Crippen molar-refractivity contribution in [3.05, 3.63) is 58.4 Å². The summed E-state index contributed by atoms with van der Waals surface area (Å²) in [5, 5.41) is 20.4. The number of carbonyl (C=O) groups excluding carboxylic acids is 4. The van der Waals surface area contributed by atoms with Crippen LogP contribution in [0.2, 0.25) is 0 Å². The van der Waals surface area contributed by atoms with Crippen LogP contribution in [0, 0.1) is 46.8 Å². The van der Waals surface area contributed by atoms with Gasteiger partial charge in [0.05, 0.1) is 26.1 Å². The number of halogens is 7. The lowest BCUT2D eigenvalue weighted by atomic mass is 9.56. The number of allylic oxidation sites excluding steroid dienone is 2. The second-order valence-electron chi connectivity index (χ2n) is 10.9. The maximum absolute atomic E-state index is 15.1. The Balaban J connectivity index is 1.67. The second kappa shape index (κ2) is 10.0. The lowest BCUT2D eigenvalue weighted by molar-refractivity contribution is -0.173. The van der Waals surface area contributed by atoms with Gasteiger partial charge in [-0.05, 0) is 18.8 Å². The van der Waals surface area contributed by atoms with Gasteiger partial charge in [0, 0.05) is 23.6 Å². The van der Waals surface area contributed by atoms with Crippen LogP contribution in [-0.4, -0.2) is 63.0 Å². The minimum absolute atomic E-state index is 0.0882. The number of benzene rings is 2. The van der Waals surface area contributed by atoms with E-state index in [1.807, 2.05) is 0 Å². The average Bonchev–Trinajstić information content (AvgIpc) is 3.32. The van der Waals surface area contributed by atoms with Gasteiger partial charge in [-0.2, -0.15) is 5.06 Å². The summed E-state index contributed by atoms with van der Waals surface area (Å²) in [5.74, 6) is -24.2. The molecule has 0 spiro atoms.